The van der Waals surface area contributed by atoms with Crippen LogP contribution in [0.3, 0.4) is 0 Å². The number of carbonyl (C=O) groups is 2. The third-order valence-corrected chi connectivity index (χ3v) is 4.28. The highest BCUT2D eigenvalue weighted by Gasteiger charge is 2.19. The maximum atomic E-state index is 12.3. The SMILES string of the molecule is O=C(COCCOc1ccccc1)Nc1ccc(C(=O)N2CCCC2)cc1. The zero-order chi connectivity index (χ0) is 18.9. The summed E-state index contributed by atoms with van der Waals surface area (Å²) in [6, 6.07) is 16.4. The minimum Gasteiger partial charge on any atom is -0.491 e. The van der Waals surface area contributed by atoms with Gasteiger partial charge in [-0.2, -0.15) is 0 Å². The van der Waals surface area contributed by atoms with Crippen molar-refractivity contribution in [3.05, 3.63) is 60.2 Å². The molecule has 6 nitrogen and oxygen atoms in total. The van der Waals surface area contributed by atoms with Crippen molar-refractivity contribution in [2.45, 2.75) is 12.8 Å². The van der Waals surface area contributed by atoms with Gasteiger partial charge in [-0.05, 0) is 49.2 Å². The summed E-state index contributed by atoms with van der Waals surface area (Å²) in [4.78, 5) is 26.1. The Hall–Kier alpha value is -2.86. The molecule has 3 rings (SSSR count). The molecule has 1 aliphatic rings. The van der Waals surface area contributed by atoms with E-state index in [1.54, 1.807) is 24.3 Å². The number of hydrogen-bond donors (Lipinski definition) is 1. The number of nitrogens with zero attached hydrogens (tertiary/aromatic N) is 1. The third-order valence-electron chi connectivity index (χ3n) is 4.28. The molecule has 0 atom stereocenters. The molecule has 0 aliphatic carbocycles. The second-order valence-electron chi connectivity index (χ2n) is 6.34. The van der Waals surface area contributed by atoms with E-state index in [0.29, 0.717) is 24.5 Å². The molecule has 6 heteroatoms. The van der Waals surface area contributed by atoms with Gasteiger partial charge in [-0.1, -0.05) is 18.2 Å². The zero-order valence-electron chi connectivity index (χ0n) is 15.2. The van der Waals surface area contributed by atoms with Crippen molar-refractivity contribution >= 4 is 17.5 Å². The second kappa shape index (κ2) is 9.73. The van der Waals surface area contributed by atoms with Crippen molar-refractivity contribution in [3.8, 4) is 5.75 Å². The summed E-state index contributed by atoms with van der Waals surface area (Å²) in [5, 5.41) is 2.76. The van der Waals surface area contributed by atoms with Gasteiger partial charge < -0.3 is 19.7 Å². The zero-order valence-corrected chi connectivity index (χ0v) is 15.2. The van der Waals surface area contributed by atoms with Crippen LogP contribution in [-0.4, -0.2) is 49.6 Å². The number of anilines is 1. The fourth-order valence-corrected chi connectivity index (χ4v) is 2.90. The number of nitrogens with one attached hydrogen (secondary N) is 1. The molecule has 2 amide bonds. The summed E-state index contributed by atoms with van der Waals surface area (Å²) in [5.74, 6) is 0.578. The number of benzene rings is 2. The molecule has 142 valence electrons. The quantitative estimate of drug-likeness (QED) is 0.728. The smallest absolute Gasteiger partial charge is 0.253 e. The van der Waals surface area contributed by atoms with Crippen LogP contribution in [0.25, 0.3) is 0 Å². The van der Waals surface area contributed by atoms with Crippen LogP contribution in [0, 0.1) is 0 Å². The molecule has 0 radical (unpaired) electrons. The normalized spacial score (nSPS) is 13.4. The minimum absolute atomic E-state index is 0.0483. The first kappa shape index (κ1) is 18.9. The lowest BCUT2D eigenvalue weighted by atomic mass is 10.2. The van der Waals surface area contributed by atoms with Gasteiger partial charge in [-0.15, -0.1) is 0 Å². The molecule has 2 aromatic rings. The molecule has 1 N–H and O–H groups in total. The Morgan fingerprint density at radius 3 is 2.33 bits per heavy atom. The van der Waals surface area contributed by atoms with Crippen LogP contribution in [0.1, 0.15) is 23.2 Å². The lowest BCUT2D eigenvalue weighted by molar-refractivity contribution is -0.120. The summed E-state index contributed by atoms with van der Waals surface area (Å²) >= 11 is 0. The van der Waals surface area contributed by atoms with E-state index in [2.05, 4.69) is 5.32 Å². The van der Waals surface area contributed by atoms with Crippen LogP contribution in [0.5, 0.6) is 5.75 Å². The van der Waals surface area contributed by atoms with Gasteiger partial charge in [0.2, 0.25) is 5.91 Å². The second-order valence-corrected chi connectivity index (χ2v) is 6.34. The molecular weight excluding hydrogens is 344 g/mol. The summed E-state index contributed by atoms with van der Waals surface area (Å²) in [5.41, 5.74) is 1.28. The Labute approximate surface area is 159 Å². The monoisotopic (exact) mass is 368 g/mol. The molecular formula is C21H24N2O4. The lowest BCUT2D eigenvalue weighted by Crippen LogP contribution is -2.27. The summed E-state index contributed by atoms with van der Waals surface area (Å²) in [6.45, 7) is 2.30. The van der Waals surface area contributed by atoms with E-state index < -0.39 is 0 Å². The molecule has 0 unspecified atom stereocenters. The number of likely N-dealkylation sites (tertiary alicyclic amines) is 1. The average Bonchev–Trinajstić information content (AvgIpc) is 3.23. The van der Waals surface area contributed by atoms with Gasteiger partial charge in [-0.3, -0.25) is 9.59 Å². The molecule has 0 saturated carbocycles. The van der Waals surface area contributed by atoms with Crippen LogP contribution in [-0.2, 0) is 9.53 Å². The number of amides is 2. The van der Waals surface area contributed by atoms with Gasteiger partial charge in [0.15, 0.2) is 0 Å². The average molecular weight is 368 g/mol. The maximum Gasteiger partial charge on any atom is 0.253 e. The summed E-state index contributed by atoms with van der Waals surface area (Å²) in [6.07, 6.45) is 2.13. The van der Waals surface area contributed by atoms with Crippen LogP contribution in [0.15, 0.2) is 54.6 Å². The van der Waals surface area contributed by atoms with E-state index in [1.165, 1.54) is 0 Å². The van der Waals surface area contributed by atoms with Crippen LogP contribution in [0.2, 0.25) is 0 Å². The topological polar surface area (TPSA) is 67.9 Å². The standard InChI is InChI=1S/C21H24N2O4/c24-20(16-26-14-15-27-19-6-2-1-3-7-19)22-18-10-8-17(9-11-18)21(25)23-12-4-5-13-23/h1-3,6-11H,4-5,12-16H2,(H,22,24). The van der Waals surface area contributed by atoms with Crippen LogP contribution < -0.4 is 10.1 Å². The van der Waals surface area contributed by atoms with Gasteiger partial charge >= 0.3 is 0 Å². The van der Waals surface area contributed by atoms with E-state index in [4.69, 9.17) is 9.47 Å². The molecule has 1 aliphatic heterocycles. The Bertz CT molecular complexity index is 741. The Morgan fingerprint density at radius 1 is 0.926 bits per heavy atom. The van der Waals surface area contributed by atoms with E-state index in [1.807, 2.05) is 35.2 Å². The Kier molecular flexibility index (Phi) is 6.82. The van der Waals surface area contributed by atoms with Gasteiger partial charge in [0.1, 0.15) is 19.0 Å². The minimum atomic E-state index is -0.242. The molecule has 0 spiro atoms. The summed E-state index contributed by atoms with van der Waals surface area (Å²) < 4.78 is 10.8. The van der Waals surface area contributed by atoms with Gasteiger partial charge in [0.05, 0.1) is 6.61 Å². The van der Waals surface area contributed by atoms with Crippen molar-refractivity contribution in [2.75, 3.05) is 38.2 Å². The number of rotatable bonds is 8. The fraction of sp³-hybridized carbons (Fsp3) is 0.333. The third kappa shape index (κ3) is 5.82. The van der Waals surface area contributed by atoms with Crippen molar-refractivity contribution in [1.29, 1.82) is 0 Å². The predicted molar refractivity (Wildman–Crippen MR) is 103 cm³/mol. The predicted octanol–water partition coefficient (Wildman–Crippen LogP) is 2.96. The van der Waals surface area contributed by atoms with E-state index in [0.717, 1.165) is 31.7 Å². The number of para-hydroxylation sites is 1. The van der Waals surface area contributed by atoms with Crippen molar-refractivity contribution in [3.63, 3.8) is 0 Å². The first-order valence-electron chi connectivity index (χ1n) is 9.17. The van der Waals surface area contributed by atoms with Crippen molar-refractivity contribution in [1.82, 2.24) is 4.90 Å². The molecule has 0 aromatic heterocycles. The van der Waals surface area contributed by atoms with Gasteiger partial charge in [0.25, 0.3) is 5.91 Å². The number of carbonyl (C=O) groups excluding carboxylic acids is 2. The van der Waals surface area contributed by atoms with Crippen LogP contribution >= 0.6 is 0 Å². The van der Waals surface area contributed by atoms with Crippen molar-refractivity contribution in [2.24, 2.45) is 0 Å². The van der Waals surface area contributed by atoms with Gasteiger partial charge in [-0.25, -0.2) is 0 Å². The Morgan fingerprint density at radius 2 is 1.63 bits per heavy atom. The Balaban J connectivity index is 1.35. The summed E-state index contributed by atoms with van der Waals surface area (Å²) in [7, 11) is 0. The molecule has 27 heavy (non-hydrogen) atoms. The van der Waals surface area contributed by atoms with Crippen molar-refractivity contribution < 1.29 is 19.1 Å². The largest absolute Gasteiger partial charge is 0.491 e. The van der Waals surface area contributed by atoms with E-state index in [-0.39, 0.29) is 18.4 Å². The first-order valence-corrected chi connectivity index (χ1v) is 9.17. The molecule has 1 saturated heterocycles. The number of hydrogen-bond acceptors (Lipinski definition) is 4. The highest BCUT2D eigenvalue weighted by atomic mass is 16.5. The highest BCUT2D eigenvalue weighted by molar-refractivity contribution is 5.96. The maximum absolute atomic E-state index is 12.3. The first-order chi connectivity index (χ1) is 13.2. The van der Waals surface area contributed by atoms with E-state index in [9.17, 15) is 9.59 Å². The highest BCUT2D eigenvalue weighted by Crippen LogP contribution is 2.15. The molecule has 1 fully saturated rings. The number of ether oxygens (including phenoxy) is 2. The molecule has 1 heterocycles. The molecule has 2 aromatic carbocycles. The van der Waals surface area contributed by atoms with E-state index >= 15 is 0 Å². The molecule has 0 bridgehead atoms. The lowest BCUT2D eigenvalue weighted by Gasteiger charge is -2.15. The fourth-order valence-electron chi connectivity index (χ4n) is 2.90. The van der Waals surface area contributed by atoms with Gasteiger partial charge in [0, 0.05) is 24.3 Å². The van der Waals surface area contributed by atoms with Crippen LogP contribution in [0.4, 0.5) is 5.69 Å².